The molecule has 4 aliphatic heterocycles. The number of methoxy groups -OCH3 is 2. The quantitative estimate of drug-likeness (QED) is 0.0950. The van der Waals surface area contributed by atoms with Crippen molar-refractivity contribution in [1.82, 2.24) is 19.5 Å². The molecule has 4 atom stereocenters. The first-order chi connectivity index (χ1) is 31.0. The van der Waals surface area contributed by atoms with E-state index in [9.17, 15) is 18.0 Å². The van der Waals surface area contributed by atoms with Crippen molar-refractivity contribution < 1.29 is 41.7 Å². The van der Waals surface area contributed by atoms with Gasteiger partial charge in [0, 0.05) is 31.9 Å². The average molecular weight is 930 g/mol. The van der Waals surface area contributed by atoms with Crippen molar-refractivity contribution in [3.8, 4) is 17.2 Å². The molecule has 64 heavy (non-hydrogen) atoms. The maximum atomic E-state index is 14.1. The Labute approximate surface area is 383 Å². The SMILES string of the molecule is COc1ccc([C@H](Cc2c(Cl)cncc2Cl)OC(=O)[C@@H]2CCCN2S(=O)(=O)c2ccc(COc3cccc([C@@H](NC(=O)O[C@H]4CN5CCC4CC5)c4ccccc4)c3)cc2)cc1OC. The van der Waals surface area contributed by atoms with Crippen LogP contribution in [0.1, 0.15) is 65.6 Å². The van der Waals surface area contributed by atoms with Crippen LogP contribution in [0.4, 0.5) is 4.79 Å². The van der Waals surface area contributed by atoms with Crippen LogP contribution in [-0.4, -0.2) is 87.2 Å². The van der Waals surface area contributed by atoms with Crippen molar-refractivity contribution in [2.75, 3.05) is 40.4 Å². The standard InChI is InChI=1S/C48H50Cl2N4O9S/c1-59-42-18-15-34(25-44(42)60-2)43(26-38-39(49)27-51-28-40(38)50)62-47(55)41-12-7-21-54(41)64(57,58)37-16-13-31(14-17-37)30-61-36-11-6-10-35(24-36)46(33-8-4-3-5-9-33)52-48(56)63-45-29-53-22-19-32(45)20-23-53/h3-6,8-11,13-18,24-25,27-28,32,41,43,45-46H,7,12,19-23,26,29-30H2,1-2H3,(H,52,56)/t41-,43-,45-,46-/m0/s1. The topological polar surface area (TPSA) is 146 Å². The first kappa shape index (κ1) is 45.2. The molecule has 5 aromatic rings. The summed E-state index contributed by atoms with van der Waals surface area (Å²) in [5.74, 6) is 1.16. The van der Waals surface area contributed by atoms with E-state index >= 15 is 0 Å². The number of benzene rings is 4. The summed E-state index contributed by atoms with van der Waals surface area (Å²) >= 11 is 13.0. The van der Waals surface area contributed by atoms with E-state index in [1.807, 2.05) is 54.6 Å². The lowest BCUT2D eigenvalue weighted by Gasteiger charge is -2.43. The number of fused-ring (bicyclic) bond motifs is 3. The third-order valence-electron chi connectivity index (χ3n) is 12.2. The molecule has 5 heterocycles. The Balaban J connectivity index is 0.933. The molecule has 0 spiro atoms. The Bertz CT molecular complexity index is 2520. The van der Waals surface area contributed by atoms with E-state index in [2.05, 4.69) is 15.2 Å². The van der Waals surface area contributed by atoms with E-state index in [0.717, 1.165) is 49.2 Å². The minimum absolute atomic E-state index is 0.0339. The summed E-state index contributed by atoms with van der Waals surface area (Å²) in [6.45, 7) is 3.17. The summed E-state index contributed by atoms with van der Waals surface area (Å²) in [7, 11) is -1.10. The number of nitrogens with one attached hydrogen (secondary N) is 1. The highest BCUT2D eigenvalue weighted by Gasteiger charge is 2.42. The van der Waals surface area contributed by atoms with Gasteiger partial charge in [0.1, 0.15) is 30.6 Å². The molecule has 16 heteroatoms. The molecular weight excluding hydrogens is 880 g/mol. The largest absolute Gasteiger partial charge is 0.493 e. The lowest BCUT2D eigenvalue weighted by Crippen LogP contribution is -2.52. The fourth-order valence-electron chi connectivity index (χ4n) is 8.76. The molecular formula is C48H50Cl2N4O9S. The predicted molar refractivity (Wildman–Crippen MR) is 241 cm³/mol. The highest BCUT2D eigenvalue weighted by atomic mass is 35.5. The first-order valence-electron chi connectivity index (χ1n) is 21.3. The van der Waals surface area contributed by atoms with E-state index in [0.29, 0.717) is 50.8 Å². The van der Waals surface area contributed by atoms with Crippen molar-refractivity contribution in [3.63, 3.8) is 0 Å². The number of carbonyl (C=O) groups is 2. The fraction of sp³-hybridized carbons (Fsp3) is 0.354. The molecule has 1 N–H and O–H groups in total. The van der Waals surface area contributed by atoms with Crippen LogP contribution in [0.2, 0.25) is 10.0 Å². The fourth-order valence-corrected chi connectivity index (χ4v) is 10.9. The summed E-state index contributed by atoms with van der Waals surface area (Å²) in [6, 6.07) is 27.2. The minimum atomic E-state index is -4.12. The van der Waals surface area contributed by atoms with Crippen LogP contribution in [0, 0.1) is 5.92 Å². The summed E-state index contributed by atoms with van der Waals surface area (Å²) in [5.41, 5.74) is 3.53. The number of esters is 1. The molecule has 4 aliphatic rings. The van der Waals surface area contributed by atoms with Crippen LogP contribution < -0.4 is 19.5 Å². The maximum absolute atomic E-state index is 14.1. The normalized spacial score (nSPS) is 20.5. The number of alkyl carbamates (subject to hydrolysis) is 1. The van der Waals surface area contributed by atoms with Crippen molar-refractivity contribution in [1.29, 1.82) is 0 Å². The van der Waals surface area contributed by atoms with Gasteiger partial charge in [-0.3, -0.25) is 14.7 Å². The second-order valence-corrected chi connectivity index (χ2v) is 18.9. The molecule has 1 aromatic heterocycles. The number of hydrogen-bond acceptors (Lipinski definition) is 11. The van der Waals surface area contributed by atoms with Gasteiger partial charge in [0.05, 0.1) is 35.2 Å². The zero-order valence-corrected chi connectivity index (χ0v) is 37.9. The lowest BCUT2D eigenvalue weighted by molar-refractivity contribution is -0.153. The Morgan fingerprint density at radius 2 is 1.53 bits per heavy atom. The molecule has 1 amide bonds. The Morgan fingerprint density at radius 1 is 0.812 bits per heavy atom. The number of pyridine rings is 1. The third kappa shape index (κ3) is 10.3. The van der Waals surface area contributed by atoms with Crippen LogP contribution in [0.3, 0.4) is 0 Å². The van der Waals surface area contributed by atoms with Gasteiger partial charge in [0.25, 0.3) is 0 Å². The van der Waals surface area contributed by atoms with Gasteiger partial charge in [0.15, 0.2) is 11.5 Å². The Kier molecular flexibility index (Phi) is 14.3. The van der Waals surface area contributed by atoms with Crippen LogP contribution in [0.25, 0.3) is 0 Å². The zero-order valence-electron chi connectivity index (χ0n) is 35.5. The minimum Gasteiger partial charge on any atom is -0.493 e. The molecule has 4 fully saturated rings. The number of halogens is 2. The maximum Gasteiger partial charge on any atom is 0.408 e. The van der Waals surface area contributed by atoms with Gasteiger partial charge in [-0.05, 0) is 109 Å². The van der Waals surface area contributed by atoms with Crippen LogP contribution in [0.15, 0.2) is 114 Å². The van der Waals surface area contributed by atoms with Crippen molar-refractivity contribution in [3.05, 3.63) is 147 Å². The van der Waals surface area contributed by atoms with Gasteiger partial charge in [-0.15, -0.1) is 0 Å². The smallest absolute Gasteiger partial charge is 0.408 e. The summed E-state index contributed by atoms with van der Waals surface area (Å²) < 4.78 is 58.7. The zero-order chi connectivity index (χ0) is 44.8. The number of piperidine rings is 3. The van der Waals surface area contributed by atoms with Gasteiger partial charge in [0.2, 0.25) is 10.0 Å². The number of amides is 1. The van der Waals surface area contributed by atoms with Gasteiger partial charge in [-0.25, -0.2) is 13.2 Å². The molecule has 0 unspecified atom stereocenters. The number of carbonyl (C=O) groups excluding carboxylic acids is 2. The van der Waals surface area contributed by atoms with Crippen molar-refractivity contribution in [2.24, 2.45) is 5.92 Å². The van der Waals surface area contributed by atoms with Gasteiger partial charge in [-0.2, -0.15) is 4.31 Å². The third-order valence-corrected chi connectivity index (χ3v) is 14.8. The number of ether oxygens (including phenoxy) is 5. The highest BCUT2D eigenvalue weighted by molar-refractivity contribution is 7.89. The molecule has 4 aromatic carbocycles. The number of rotatable bonds is 16. The number of hydrogen-bond donors (Lipinski definition) is 1. The first-order valence-corrected chi connectivity index (χ1v) is 23.5. The summed E-state index contributed by atoms with van der Waals surface area (Å²) in [5, 5.41) is 3.69. The highest BCUT2D eigenvalue weighted by Crippen LogP contribution is 2.37. The molecule has 0 radical (unpaired) electrons. The van der Waals surface area contributed by atoms with E-state index < -0.39 is 40.3 Å². The predicted octanol–water partition coefficient (Wildman–Crippen LogP) is 8.57. The lowest BCUT2D eigenvalue weighted by atomic mass is 9.86. The molecule has 0 aliphatic carbocycles. The molecule has 13 nitrogen and oxygen atoms in total. The van der Waals surface area contributed by atoms with Crippen LogP contribution >= 0.6 is 23.2 Å². The number of aromatic nitrogens is 1. The Hall–Kier alpha value is -5.38. The molecule has 336 valence electrons. The van der Waals surface area contributed by atoms with Gasteiger partial charge >= 0.3 is 12.1 Å². The Morgan fingerprint density at radius 3 is 2.22 bits per heavy atom. The van der Waals surface area contributed by atoms with E-state index in [1.165, 1.54) is 43.1 Å². The monoisotopic (exact) mass is 928 g/mol. The van der Waals surface area contributed by atoms with Crippen molar-refractivity contribution >= 4 is 45.3 Å². The van der Waals surface area contributed by atoms with Gasteiger partial charge < -0.3 is 29.0 Å². The number of sulfonamides is 1. The summed E-state index contributed by atoms with van der Waals surface area (Å²) in [6.07, 6.45) is 4.34. The second kappa shape index (κ2) is 20.2. The average Bonchev–Trinajstić information content (AvgIpc) is 3.83. The van der Waals surface area contributed by atoms with E-state index in [-0.39, 0.29) is 37.0 Å². The van der Waals surface area contributed by atoms with Gasteiger partial charge in [-0.1, -0.05) is 83.9 Å². The second-order valence-electron chi connectivity index (χ2n) is 16.2. The molecule has 9 rings (SSSR count). The van der Waals surface area contributed by atoms with Crippen molar-refractivity contribution in [2.45, 2.75) is 67.9 Å². The summed E-state index contributed by atoms with van der Waals surface area (Å²) in [4.78, 5) is 33.8. The van der Waals surface area contributed by atoms with Crippen LogP contribution in [0.5, 0.6) is 17.2 Å². The number of nitrogens with zero attached hydrogens (tertiary/aromatic N) is 3. The molecule has 0 saturated carbocycles. The van der Waals surface area contributed by atoms with E-state index in [1.54, 1.807) is 30.3 Å². The molecule has 2 bridgehead atoms. The molecule has 4 saturated heterocycles. The van der Waals surface area contributed by atoms with E-state index in [4.69, 9.17) is 46.9 Å². The van der Waals surface area contributed by atoms with Crippen LogP contribution in [-0.2, 0) is 37.3 Å².